The number of aromatic nitrogens is 2. The predicted octanol–water partition coefficient (Wildman–Crippen LogP) is 0.751. The van der Waals surface area contributed by atoms with Crippen LogP contribution in [0.15, 0.2) is 30.5 Å². The standard InChI is InChI=1S/C20H22N2O7/c1-9(24)15-16-11(5-6-21-15)12-7-10(3-4-13(12)22-16)28-20-18(26)17(25)19(27-2)14(8-23)29-20/h3-7,14,17-20,22-23,25-26H,8H2,1-2H3/t14-,17-,18-,19-,20-/m1/s1. The number of nitrogens with one attached hydrogen (secondary N) is 1. The van der Waals surface area contributed by atoms with Crippen LogP contribution in [0.1, 0.15) is 17.4 Å². The van der Waals surface area contributed by atoms with E-state index in [2.05, 4.69) is 9.97 Å². The van der Waals surface area contributed by atoms with E-state index in [1.165, 1.54) is 14.0 Å². The topological polar surface area (TPSA) is 134 Å². The van der Waals surface area contributed by atoms with Crippen LogP contribution in [0.2, 0.25) is 0 Å². The second-order valence-corrected chi connectivity index (χ2v) is 7.00. The molecule has 0 bridgehead atoms. The van der Waals surface area contributed by atoms with Gasteiger partial charge in [0.05, 0.1) is 12.1 Å². The van der Waals surface area contributed by atoms with Crippen LogP contribution in [-0.2, 0) is 9.47 Å². The predicted molar refractivity (Wildman–Crippen MR) is 103 cm³/mol. The molecule has 1 aliphatic rings. The minimum Gasteiger partial charge on any atom is -0.462 e. The average molecular weight is 402 g/mol. The molecular formula is C20H22N2O7. The van der Waals surface area contributed by atoms with E-state index in [1.54, 1.807) is 30.5 Å². The Hall–Kier alpha value is -2.56. The van der Waals surface area contributed by atoms with Crippen LogP contribution in [0.25, 0.3) is 21.8 Å². The molecule has 9 heteroatoms. The summed E-state index contributed by atoms with van der Waals surface area (Å²) in [6, 6.07) is 7.00. The van der Waals surface area contributed by atoms with E-state index in [1.807, 2.05) is 0 Å². The van der Waals surface area contributed by atoms with Gasteiger partial charge in [-0.05, 0) is 24.3 Å². The van der Waals surface area contributed by atoms with Crippen molar-refractivity contribution in [3.05, 3.63) is 36.2 Å². The summed E-state index contributed by atoms with van der Waals surface area (Å²) in [7, 11) is 1.36. The lowest BCUT2D eigenvalue weighted by Crippen LogP contribution is -2.60. The number of H-pyrrole nitrogens is 1. The van der Waals surface area contributed by atoms with Crippen LogP contribution in [0, 0.1) is 0 Å². The van der Waals surface area contributed by atoms with Gasteiger partial charge in [0.25, 0.3) is 0 Å². The first-order valence-electron chi connectivity index (χ1n) is 9.18. The second kappa shape index (κ2) is 7.69. The molecule has 0 aliphatic carbocycles. The largest absolute Gasteiger partial charge is 0.462 e. The van der Waals surface area contributed by atoms with Crippen LogP contribution >= 0.6 is 0 Å². The number of carbonyl (C=O) groups is 1. The number of pyridine rings is 1. The molecule has 9 nitrogen and oxygen atoms in total. The van der Waals surface area contributed by atoms with E-state index in [9.17, 15) is 20.1 Å². The lowest BCUT2D eigenvalue weighted by atomic mass is 9.99. The van der Waals surface area contributed by atoms with Gasteiger partial charge in [-0.15, -0.1) is 0 Å². The van der Waals surface area contributed by atoms with Crippen molar-refractivity contribution in [1.82, 2.24) is 9.97 Å². The maximum absolute atomic E-state index is 11.8. The fourth-order valence-electron chi connectivity index (χ4n) is 3.72. The van der Waals surface area contributed by atoms with Gasteiger partial charge in [-0.25, -0.2) is 0 Å². The molecule has 154 valence electrons. The fourth-order valence-corrected chi connectivity index (χ4v) is 3.72. The molecule has 1 aromatic carbocycles. The summed E-state index contributed by atoms with van der Waals surface area (Å²) in [6.07, 6.45) is -3.98. The lowest BCUT2D eigenvalue weighted by molar-refractivity contribution is -0.281. The number of aliphatic hydroxyl groups is 3. The fraction of sp³-hybridized carbons (Fsp3) is 0.400. The second-order valence-electron chi connectivity index (χ2n) is 7.00. The molecule has 1 saturated heterocycles. The quantitative estimate of drug-likeness (QED) is 0.460. The number of benzene rings is 1. The third kappa shape index (κ3) is 3.37. The van der Waals surface area contributed by atoms with Gasteiger partial charge in [0.15, 0.2) is 5.78 Å². The van der Waals surface area contributed by atoms with Gasteiger partial charge >= 0.3 is 0 Å². The maximum Gasteiger partial charge on any atom is 0.229 e. The summed E-state index contributed by atoms with van der Waals surface area (Å²) in [5.74, 6) is 0.248. The van der Waals surface area contributed by atoms with Gasteiger partial charge in [0.1, 0.15) is 35.9 Å². The Morgan fingerprint density at radius 1 is 1.24 bits per heavy atom. The summed E-state index contributed by atoms with van der Waals surface area (Å²) in [6.45, 7) is 1.06. The van der Waals surface area contributed by atoms with E-state index in [0.29, 0.717) is 17.0 Å². The average Bonchev–Trinajstić information content (AvgIpc) is 3.09. The zero-order valence-corrected chi connectivity index (χ0v) is 15.9. The third-order valence-electron chi connectivity index (χ3n) is 5.17. The highest BCUT2D eigenvalue weighted by atomic mass is 16.7. The number of carbonyl (C=O) groups excluding carboxylic acids is 1. The molecule has 29 heavy (non-hydrogen) atoms. The van der Waals surface area contributed by atoms with Crippen molar-refractivity contribution in [3.63, 3.8) is 0 Å². The first-order chi connectivity index (χ1) is 13.9. The molecule has 4 N–H and O–H groups in total. The van der Waals surface area contributed by atoms with Gasteiger partial charge in [0, 0.05) is 36.5 Å². The Kier molecular flexibility index (Phi) is 5.24. The number of methoxy groups -OCH3 is 1. The lowest BCUT2D eigenvalue weighted by Gasteiger charge is -2.41. The van der Waals surface area contributed by atoms with Crippen molar-refractivity contribution in [2.45, 2.75) is 37.6 Å². The zero-order valence-electron chi connectivity index (χ0n) is 15.9. The zero-order chi connectivity index (χ0) is 20.7. The highest BCUT2D eigenvalue weighted by Crippen LogP contribution is 2.32. The van der Waals surface area contributed by atoms with E-state index in [0.717, 1.165) is 16.3 Å². The highest BCUT2D eigenvalue weighted by molar-refractivity contribution is 6.14. The number of ether oxygens (including phenoxy) is 3. The van der Waals surface area contributed by atoms with Crippen LogP contribution in [0.3, 0.4) is 0 Å². The normalized spacial score (nSPS) is 27.4. The number of rotatable bonds is 5. The monoisotopic (exact) mass is 402 g/mol. The minimum atomic E-state index is -1.37. The summed E-state index contributed by atoms with van der Waals surface area (Å²) in [5.41, 5.74) is 1.78. The van der Waals surface area contributed by atoms with Crippen LogP contribution in [-0.4, -0.2) is 75.5 Å². The summed E-state index contributed by atoms with van der Waals surface area (Å²) < 4.78 is 16.5. The molecule has 0 spiro atoms. The Bertz CT molecular complexity index is 1050. The molecule has 3 heterocycles. The maximum atomic E-state index is 11.8. The molecule has 5 atom stereocenters. The van der Waals surface area contributed by atoms with Crippen molar-refractivity contribution < 1.29 is 34.3 Å². The Morgan fingerprint density at radius 3 is 2.72 bits per heavy atom. The van der Waals surface area contributed by atoms with Crippen LogP contribution in [0.4, 0.5) is 0 Å². The van der Waals surface area contributed by atoms with Gasteiger partial charge in [-0.2, -0.15) is 0 Å². The number of Topliss-reactive ketones (excluding diaryl/α,β-unsaturated/α-hetero) is 1. The molecule has 4 rings (SSSR count). The first kappa shape index (κ1) is 19.7. The van der Waals surface area contributed by atoms with Gasteiger partial charge in [-0.3, -0.25) is 9.78 Å². The van der Waals surface area contributed by atoms with Crippen molar-refractivity contribution in [1.29, 1.82) is 0 Å². The molecule has 1 aliphatic heterocycles. The molecule has 0 radical (unpaired) electrons. The summed E-state index contributed by atoms with van der Waals surface area (Å²) >= 11 is 0. The Labute approximate surface area is 165 Å². The number of aromatic amines is 1. The molecular weight excluding hydrogens is 380 g/mol. The van der Waals surface area contributed by atoms with Crippen molar-refractivity contribution in [2.24, 2.45) is 0 Å². The highest BCUT2D eigenvalue weighted by Gasteiger charge is 2.45. The summed E-state index contributed by atoms with van der Waals surface area (Å²) in [4.78, 5) is 19.2. The van der Waals surface area contributed by atoms with Gasteiger partial charge in [-0.1, -0.05) is 0 Å². The molecule has 2 aromatic heterocycles. The van der Waals surface area contributed by atoms with Crippen molar-refractivity contribution in [3.8, 4) is 5.75 Å². The Balaban J connectivity index is 1.67. The summed E-state index contributed by atoms with van der Waals surface area (Å²) in [5, 5.41) is 31.7. The molecule has 0 saturated carbocycles. The number of ketones is 1. The molecule has 3 aromatic rings. The van der Waals surface area contributed by atoms with Gasteiger partial charge < -0.3 is 34.5 Å². The molecule has 1 fully saturated rings. The molecule has 0 unspecified atom stereocenters. The van der Waals surface area contributed by atoms with Gasteiger partial charge in [0.2, 0.25) is 6.29 Å². The number of fused-ring (bicyclic) bond motifs is 3. The van der Waals surface area contributed by atoms with Crippen molar-refractivity contribution in [2.75, 3.05) is 13.7 Å². The third-order valence-corrected chi connectivity index (χ3v) is 5.17. The van der Waals surface area contributed by atoms with E-state index in [-0.39, 0.29) is 5.78 Å². The van der Waals surface area contributed by atoms with E-state index >= 15 is 0 Å². The van der Waals surface area contributed by atoms with Crippen LogP contribution in [0.5, 0.6) is 5.75 Å². The first-order valence-corrected chi connectivity index (χ1v) is 9.18. The minimum absolute atomic E-state index is 0.144. The van der Waals surface area contributed by atoms with Crippen LogP contribution < -0.4 is 4.74 Å². The Morgan fingerprint density at radius 2 is 2.03 bits per heavy atom. The number of nitrogens with zero attached hydrogens (tertiary/aromatic N) is 1. The van der Waals surface area contributed by atoms with Crippen molar-refractivity contribution >= 4 is 27.6 Å². The number of aliphatic hydroxyl groups excluding tert-OH is 3. The number of hydrogen-bond donors (Lipinski definition) is 4. The van der Waals surface area contributed by atoms with E-state index in [4.69, 9.17) is 14.2 Å². The smallest absolute Gasteiger partial charge is 0.229 e. The van der Waals surface area contributed by atoms with E-state index < -0.39 is 37.3 Å². The molecule has 0 amide bonds. The number of hydrogen-bond acceptors (Lipinski definition) is 8. The SMILES string of the molecule is CO[C@H]1[C@H](O)[C@@H](O)[C@H](Oc2ccc3[nH]c4c(C(C)=O)nccc4c3c2)O[C@@H]1CO.